The molecule has 1 aliphatic heterocycles. The minimum Gasteiger partial charge on any atom is -0.302 e. The van der Waals surface area contributed by atoms with Crippen LogP contribution in [0, 0.1) is 6.92 Å². The third-order valence-electron chi connectivity index (χ3n) is 3.34. The molecule has 1 saturated heterocycles. The zero-order valence-corrected chi connectivity index (χ0v) is 10.3. The largest absolute Gasteiger partial charge is 0.302 e. The minimum absolute atomic E-state index is 0.422. The standard InChI is InChI=1S/C15H20NO/c1-13-4-2-5-14(12-13)6-3-9-16-10-7-15(17)8-11-16/h2,4-5,12H,1,3,6-11H2. The fraction of sp³-hybridized carbons (Fsp3) is 0.467. The molecule has 0 atom stereocenters. The molecule has 0 aliphatic carbocycles. The lowest BCUT2D eigenvalue weighted by molar-refractivity contribution is -0.121. The first kappa shape index (κ1) is 12.3. The van der Waals surface area contributed by atoms with E-state index in [1.165, 1.54) is 5.56 Å². The maximum atomic E-state index is 11.1. The summed E-state index contributed by atoms with van der Waals surface area (Å²) >= 11 is 0. The fourth-order valence-corrected chi connectivity index (χ4v) is 2.32. The summed E-state index contributed by atoms with van der Waals surface area (Å²) in [7, 11) is 0. The molecule has 0 N–H and O–H groups in total. The van der Waals surface area contributed by atoms with Gasteiger partial charge in [-0.05, 0) is 37.4 Å². The number of piperidine rings is 1. The molecule has 2 nitrogen and oxygen atoms in total. The summed E-state index contributed by atoms with van der Waals surface area (Å²) in [6.07, 6.45) is 3.76. The van der Waals surface area contributed by atoms with Crippen molar-refractivity contribution in [2.75, 3.05) is 19.6 Å². The number of Topliss-reactive ketones (excluding diaryl/α,β-unsaturated/α-hetero) is 1. The zero-order chi connectivity index (χ0) is 12.1. The number of hydrogen-bond donors (Lipinski definition) is 0. The maximum absolute atomic E-state index is 11.1. The van der Waals surface area contributed by atoms with Crippen molar-refractivity contribution in [3.05, 3.63) is 42.3 Å². The second kappa shape index (κ2) is 5.97. The molecule has 1 aromatic carbocycles. The van der Waals surface area contributed by atoms with Gasteiger partial charge in [0, 0.05) is 25.9 Å². The first-order chi connectivity index (χ1) is 8.24. The molecule has 91 valence electrons. The van der Waals surface area contributed by atoms with Crippen LogP contribution in [-0.4, -0.2) is 30.3 Å². The van der Waals surface area contributed by atoms with Crippen LogP contribution in [0.1, 0.15) is 30.4 Å². The lowest BCUT2D eigenvalue weighted by Gasteiger charge is -2.25. The number of hydrogen-bond acceptors (Lipinski definition) is 2. The molecule has 1 radical (unpaired) electrons. The van der Waals surface area contributed by atoms with Crippen molar-refractivity contribution in [2.45, 2.75) is 25.7 Å². The first-order valence-corrected chi connectivity index (χ1v) is 6.39. The van der Waals surface area contributed by atoms with Crippen molar-refractivity contribution >= 4 is 5.78 Å². The Kier molecular flexibility index (Phi) is 4.32. The van der Waals surface area contributed by atoms with Crippen LogP contribution < -0.4 is 0 Å². The molecule has 1 fully saturated rings. The zero-order valence-electron chi connectivity index (χ0n) is 10.3. The minimum atomic E-state index is 0.422. The normalized spacial score (nSPS) is 17.4. The highest BCUT2D eigenvalue weighted by atomic mass is 16.1. The molecule has 2 heteroatoms. The number of benzene rings is 1. The SMILES string of the molecule is [CH2]c1cccc(CCCN2CCC(=O)CC2)c1. The van der Waals surface area contributed by atoms with E-state index in [2.05, 4.69) is 30.0 Å². The van der Waals surface area contributed by atoms with Crippen LogP contribution in [0.25, 0.3) is 0 Å². The quantitative estimate of drug-likeness (QED) is 0.792. The van der Waals surface area contributed by atoms with Crippen LogP contribution in [0.3, 0.4) is 0 Å². The third kappa shape index (κ3) is 3.97. The van der Waals surface area contributed by atoms with E-state index >= 15 is 0 Å². The Bertz CT molecular complexity index is 376. The van der Waals surface area contributed by atoms with Crippen molar-refractivity contribution in [1.82, 2.24) is 4.90 Å². The highest BCUT2D eigenvalue weighted by Crippen LogP contribution is 2.09. The summed E-state index contributed by atoms with van der Waals surface area (Å²) in [5, 5.41) is 0. The summed E-state index contributed by atoms with van der Waals surface area (Å²) in [5.74, 6) is 0.422. The summed E-state index contributed by atoms with van der Waals surface area (Å²) in [4.78, 5) is 13.5. The average Bonchev–Trinajstić information content (AvgIpc) is 2.32. The smallest absolute Gasteiger partial charge is 0.135 e. The van der Waals surface area contributed by atoms with Crippen LogP contribution in [0.2, 0.25) is 0 Å². The summed E-state index contributed by atoms with van der Waals surface area (Å²) < 4.78 is 0. The van der Waals surface area contributed by atoms with Gasteiger partial charge in [0.15, 0.2) is 0 Å². The summed E-state index contributed by atoms with van der Waals surface area (Å²) in [5.41, 5.74) is 2.46. The van der Waals surface area contributed by atoms with Gasteiger partial charge < -0.3 is 4.90 Å². The molecule has 1 aromatic rings. The Morgan fingerprint density at radius 2 is 2.00 bits per heavy atom. The molecule has 0 saturated carbocycles. The van der Waals surface area contributed by atoms with Gasteiger partial charge in [-0.3, -0.25) is 4.79 Å². The summed E-state index contributed by atoms with van der Waals surface area (Å²) in [6, 6.07) is 8.41. The second-order valence-electron chi connectivity index (χ2n) is 4.80. The fourth-order valence-electron chi connectivity index (χ4n) is 2.32. The van der Waals surface area contributed by atoms with Crippen LogP contribution >= 0.6 is 0 Å². The number of ketones is 1. The number of carbonyl (C=O) groups is 1. The van der Waals surface area contributed by atoms with E-state index in [0.717, 1.165) is 50.9 Å². The van der Waals surface area contributed by atoms with Gasteiger partial charge >= 0.3 is 0 Å². The van der Waals surface area contributed by atoms with Crippen LogP contribution in [-0.2, 0) is 11.2 Å². The Labute approximate surface area is 104 Å². The molecule has 0 aromatic heterocycles. The van der Waals surface area contributed by atoms with Gasteiger partial charge in [-0.25, -0.2) is 0 Å². The van der Waals surface area contributed by atoms with E-state index in [4.69, 9.17) is 0 Å². The molecule has 0 unspecified atom stereocenters. The van der Waals surface area contributed by atoms with E-state index in [-0.39, 0.29) is 0 Å². The highest BCUT2D eigenvalue weighted by Gasteiger charge is 2.14. The molecule has 1 heterocycles. The van der Waals surface area contributed by atoms with Gasteiger partial charge in [0.1, 0.15) is 5.78 Å². The predicted molar refractivity (Wildman–Crippen MR) is 69.9 cm³/mol. The molecule has 2 rings (SSSR count). The van der Waals surface area contributed by atoms with E-state index in [1.807, 2.05) is 6.07 Å². The van der Waals surface area contributed by atoms with E-state index in [1.54, 1.807) is 0 Å². The lowest BCUT2D eigenvalue weighted by atomic mass is 10.1. The average molecular weight is 230 g/mol. The van der Waals surface area contributed by atoms with Gasteiger partial charge in [-0.15, -0.1) is 0 Å². The van der Waals surface area contributed by atoms with Crippen LogP contribution in [0.15, 0.2) is 24.3 Å². The molecule has 0 spiro atoms. The van der Waals surface area contributed by atoms with Gasteiger partial charge in [0.25, 0.3) is 0 Å². The Morgan fingerprint density at radius 1 is 1.24 bits per heavy atom. The topological polar surface area (TPSA) is 20.3 Å². The molecule has 1 aliphatic rings. The van der Waals surface area contributed by atoms with E-state index < -0.39 is 0 Å². The Hall–Kier alpha value is -1.15. The number of likely N-dealkylation sites (tertiary alicyclic amines) is 1. The van der Waals surface area contributed by atoms with Crippen molar-refractivity contribution in [3.8, 4) is 0 Å². The predicted octanol–water partition coefficient (Wildman–Crippen LogP) is 2.47. The number of rotatable bonds is 4. The maximum Gasteiger partial charge on any atom is 0.135 e. The van der Waals surface area contributed by atoms with E-state index in [9.17, 15) is 4.79 Å². The van der Waals surface area contributed by atoms with Crippen molar-refractivity contribution in [1.29, 1.82) is 0 Å². The van der Waals surface area contributed by atoms with Crippen LogP contribution in [0.4, 0.5) is 0 Å². The molecular formula is C15H20NO. The highest BCUT2D eigenvalue weighted by molar-refractivity contribution is 5.79. The van der Waals surface area contributed by atoms with Gasteiger partial charge in [-0.2, -0.15) is 0 Å². The van der Waals surface area contributed by atoms with Gasteiger partial charge in [0.05, 0.1) is 0 Å². The van der Waals surface area contributed by atoms with Gasteiger partial charge in [0.2, 0.25) is 0 Å². The molecule has 0 amide bonds. The second-order valence-corrected chi connectivity index (χ2v) is 4.80. The number of carbonyl (C=O) groups excluding carboxylic acids is 1. The summed E-state index contributed by atoms with van der Waals surface area (Å²) in [6.45, 7) is 6.95. The van der Waals surface area contributed by atoms with Crippen molar-refractivity contribution in [3.63, 3.8) is 0 Å². The molecule has 17 heavy (non-hydrogen) atoms. The molecular weight excluding hydrogens is 210 g/mol. The number of nitrogens with zero attached hydrogens (tertiary/aromatic N) is 1. The Balaban J connectivity index is 1.71. The Morgan fingerprint density at radius 3 is 2.71 bits per heavy atom. The lowest BCUT2D eigenvalue weighted by Crippen LogP contribution is -2.34. The van der Waals surface area contributed by atoms with Crippen LogP contribution in [0.5, 0.6) is 0 Å². The first-order valence-electron chi connectivity index (χ1n) is 6.39. The van der Waals surface area contributed by atoms with Crippen molar-refractivity contribution < 1.29 is 4.79 Å². The molecule has 0 bridgehead atoms. The van der Waals surface area contributed by atoms with Crippen molar-refractivity contribution in [2.24, 2.45) is 0 Å². The monoisotopic (exact) mass is 230 g/mol. The van der Waals surface area contributed by atoms with Gasteiger partial charge in [-0.1, -0.05) is 24.3 Å². The number of aryl methyl sites for hydroxylation is 1. The third-order valence-corrected chi connectivity index (χ3v) is 3.34. The van der Waals surface area contributed by atoms with E-state index in [0.29, 0.717) is 5.78 Å².